The lowest BCUT2D eigenvalue weighted by molar-refractivity contribution is -0.347. The number of esters is 7. The molecular weight excluding hydrogens is 923 g/mol. The summed E-state index contributed by atoms with van der Waals surface area (Å²) in [5.41, 5.74) is -5.73. The van der Waals surface area contributed by atoms with Gasteiger partial charge in [-0.05, 0) is 136 Å². The van der Waals surface area contributed by atoms with E-state index >= 15 is 0 Å². The Morgan fingerprint density at radius 2 is 0.952 bits per heavy atom. The number of rotatable bonds is 10. The van der Waals surface area contributed by atoms with Gasteiger partial charge in [-0.3, -0.25) is 33.6 Å². The molecule has 2 heterocycles. The van der Waals surface area contributed by atoms with E-state index in [1.54, 1.807) is 131 Å². The van der Waals surface area contributed by atoms with E-state index in [1.165, 1.54) is 0 Å². The zero-order valence-electron chi connectivity index (χ0n) is 39.7. The van der Waals surface area contributed by atoms with Crippen molar-refractivity contribution in [3.05, 3.63) is 11.6 Å². The fourth-order valence-electron chi connectivity index (χ4n) is 5.97. The van der Waals surface area contributed by atoms with Crippen molar-refractivity contribution in [3.8, 4) is 0 Å². The Kier molecular flexibility index (Phi) is 16.3. The van der Waals surface area contributed by atoms with Crippen LogP contribution in [0.25, 0.3) is 0 Å². The molecule has 2 saturated heterocycles. The Labute approximate surface area is 380 Å². The van der Waals surface area contributed by atoms with Crippen molar-refractivity contribution in [2.75, 3.05) is 13.2 Å². The summed E-state index contributed by atoms with van der Waals surface area (Å²) in [6.07, 6.45) is -9.03. The van der Waals surface area contributed by atoms with E-state index < -0.39 is 140 Å². The highest BCUT2D eigenvalue weighted by molar-refractivity contribution is 14.1. The minimum atomic E-state index is -1.76. The Balaban J connectivity index is 2.28. The molecule has 2 aliphatic heterocycles. The van der Waals surface area contributed by atoms with Crippen molar-refractivity contribution >= 4 is 64.4 Å². The number of hydrogen-bond donors (Lipinski definition) is 0. The van der Waals surface area contributed by atoms with Crippen LogP contribution in [-0.2, 0) is 76.2 Å². The fourth-order valence-corrected chi connectivity index (χ4v) is 6.97. The van der Waals surface area contributed by atoms with Crippen LogP contribution in [0.2, 0.25) is 0 Å². The topological polar surface area (TPSA) is 203 Å². The lowest BCUT2D eigenvalue weighted by Crippen LogP contribution is -2.65. The minimum absolute atomic E-state index is 0.294. The maximum Gasteiger partial charge on any atom is 0.321 e. The Morgan fingerprint density at radius 3 is 1.40 bits per heavy atom. The van der Waals surface area contributed by atoms with Crippen LogP contribution in [0, 0.1) is 44.3 Å². The average molecular weight is 993 g/mol. The molecule has 0 aromatic heterocycles. The van der Waals surface area contributed by atoms with Gasteiger partial charge in [-0.2, -0.15) is 0 Å². The van der Waals surface area contributed by atoms with Gasteiger partial charge < -0.3 is 42.6 Å². The second-order valence-electron chi connectivity index (χ2n) is 22.4. The van der Waals surface area contributed by atoms with Crippen LogP contribution in [-0.4, -0.2) is 102 Å². The molecule has 0 N–H and O–H groups in total. The maximum absolute atomic E-state index is 13.8. The van der Waals surface area contributed by atoms with Gasteiger partial charge in [0.05, 0.1) is 38.4 Å². The van der Waals surface area contributed by atoms with Gasteiger partial charge >= 0.3 is 41.8 Å². The molecule has 3 aliphatic rings. The number of alkyl halides is 1. The number of carbonyl (C=O) groups is 7. The largest absolute Gasteiger partial charge is 0.462 e. The zero-order valence-corrected chi connectivity index (χ0v) is 41.8. The Hall–Kier alpha value is -3.32. The van der Waals surface area contributed by atoms with Gasteiger partial charge in [0, 0.05) is 5.92 Å². The monoisotopic (exact) mass is 992 g/mol. The van der Waals surface area contributed by atoms with Crippen molar-refractivity contribution in [1.29, 1.82) is 0 Å². The van der Waals surface area contributed by atoms with Gasteiger partial charge in [-0.25, -0.2) is 0 Å². The molecule has 352 valence electrons. The lowest BCUT2D eigenvalue weighted by Gasteiger charge is -2.47. The molecule has 0 saturated carbocycles. The van der Waals surface area contributed by atoms with E-state index in [9.17, 15) is 33.6 Å². The standard InChI is InChI=1S/C45H69IO16/c1-40(2,3)34(48)54-20-22-19-23(57-36(50)42(7,8)9)26-25(22)32(61-31(47)27(26)46)62-33-30(60-39(53)45(16,17)18)29(59-38(52)44(13,14)15)28(58-37(51)43(10,11)12)24(56-33)21-55-35(49)41(4,5)6/h19,23-30,32-33H,20-21H2,1-18H3/t23-,24-,25-,26+,27+,28-,29+,30-,32+,33+/m1/s1. The third-order valence-corrected chi connectivity index (χ3v) is 11.3. The van der Waals surface area contributed by atoms with Crippen molar-refractivity contribution in [2.45, 2.75) is 172 Å². The van der Waals surface area contributed by atoms with Gasteiger partial charge in [0.2, 0.25) is 12.6 Å². The highest BCUT2D eigenvalue weighted by Crippen LogP contribution is 2.48. The molecule has 17 heteroatoms. The molecule has 2 fully saturated rings. The molecule has 16 nitrogen and oxygen atoms in total. The van der Waals surface area contributed by atoms with Crippen molar-refractivity contribution < 1.29 is 76.2 Å². The summed E-state index contributed by atoms with van der Waals surface area (Å²) in [6.45, 7) is 28.6. The Bertz CT molecular complexity index is 1740. The van der Waals surface area contributed by atoms with Gasteiger partial charge in [0.1, 0.15) is 29.3 Å². The number of hydrogen-bond acceptors (Lipinski definition) is 16. The number of fused-ring (bicyclic) bond motifs is 1. The molecule has 3 rings (SSSR count). The smallest absolute Gasteiger partial charge is 0.321 e. The van der Waals surface area contributed by atoms with Crippen LogP contribution in [0.15, 0.2) is 11.6 Å². The number of ether oxygens (including phenoxy) is 9. The molecule has 0 aromatic rings. The first-order valence-corrected chi connectivity index (χ1v) is 22.1. The molecule has 0 radical (unpaired) electrons. The maximum atomic E-state index is 13.8. The summed E-state index contributed by atoms with van der Waals surface area (Å²) >= 11 is 1.91. The lowest BCUT2D eigenvalue weighted by atomic mass is 9.84. The number of cyclic esters (lactones) is 1. The second kappa shape index (κ2) is 19.0. The summed E-state index contributed by atoms with van der Waals surface area (Å²) < 4.78 is 53.9. The van der Waals surface area contributed by atoms with E-state index in [0.717, 1.165) is 0 Å². The quantitative estimate of drug-likeness (QED) is 0.0744. The van der Waals surface area contributed by atoms with E-state index in [0.29, 0.717) is 5.57 Å². The second-order valence-corrected chi connectivity index (χ2v) is 23.7. The Morgan fingerprint density at radius 1 is 0.548 bits per heavy atom. The molecule has 0 unspecified atom stereocenters. The molecule has 10 atom stereocenters. The summed E-state index contributed by atoms with van der Waals surface area (Å²) in [5, 5.41) is 0. The molecule has 62 heavy (non-hydrogen) atoms. The zero-order chi connectivity index (χ0) is 47.9. The van der Waals surface area contributed by atoms with Gasteiger partial charge in [-0.1, -0.05) is 22.6 Å². The molecule has 0 spiro atoms. The van der Waals surface area contributed by atoms with Gasteiger partial charge in [-0.15, -0.1) is 0 Å². The first-order chi connectivity index (χ1) is 27.8. The summed E-state index contributed by atoms with van der Waals surface area (Å²) in [5.74, 6) is -6.51. The summed E-state index contributed by atoms with van der Waals surface area (Å²) in [4.78, 5) is 94.6. The molecule has 0 bridgehead atoms. The summed E-state index contributed by atoms with van der Waals surface area (Å²) in [6, 6.07) is 0. The molecule has 0 amide bonds. The summed E-state index contributed by atoms with van der Waals surface area (Å²) in [7, 11) is 0. The first kappa shape index (κ1) is 53.0. The van der Waals surface area contributed by atoms with Crippen LogP contribution >= 0.6 is 22.6 Å². The normalized spacial score (nSPS) is 28.4. The predicted octanol–water partition coefficient (Wildman–Crippen LogP) is 6.60. The van der Waals surface area contributed by atoms with Crippen LogP contribution in [0.4, 0.5) is 0 Å². The van der Waals surface area contributed by atoms with Gasteiger partial charge in [0.25, 0.3) is 0 Å². The highest BCUT2D eigenvalue weighted by Gasteiger charge is 2.60. The highest BCUT2D eigenvalue weighted by atomic mass is 127. The van der Waals surface area contributed by atoms with E-state index in [1.807, 2.05) is 22.6 Å². The molecular formula is C45H69IO16. The van der Waals surface area contributed by atoms with Crippen molar-refractivity contribution in [1.82, 2.24) is 0 Å². The first-order valence-electron chi connectivity index (χ1n) is 20.9. The SMILES string of the molecule is CC(C)(C)C(=O)OCC1=C[C@@H](OC(=O)C(C)(C)C)[C@H]2[C@@H]1[C@H](O[C@@H]1O[C@H](COC(=O)C(C)(C)C)[C@@H](OC(=O)C(C)(C)C)[C@H](OC(=O)C(C)(C)C)[C@H]1OC(=O)C(C)(C)C)OC(=O)[C@H]2I. The minimum Gasteiger partial charge on any atom is -0.462 e. The van der Waals surface area contributed by atoms with Crippen LogP contribution in [0.1, 0.15) is 125 Å². The third-order valence-electron chi connectivity index (χ3n) is 9.94. The molecule has 1 aliphatic carbocycles. The van der Waals surface area contributed by atoms with Crippen molar-refractivity contribution in [2.24, 2.45) is 44.3 Å². The predicted molar refractivity (Wildman–Crippen MR) is 231 cm³/mol. The average Bonchev–Trinajstić information content (AvgIpc) is 3.45. The van der Waals surface area contributed by atoms with E-state index in [4.69, 9.17) is 42.6 Å². The fraction of sp³-hybridized carbons (Fsp3) is 0.800. The van der Waals surface area contributed by atoms with Crippen molar-refractivity contribution in [3.63, 3.8) is 0 Å². The van der Waals surface area contributed by atoms with Crippen LogP contribution in [0.5, 0.6) is 0 Å². The van der Waals surface area contributed by atoms with E-state index in [-0.39, 0.29) is 6.61 Å². The van der Waals surface area contributed by atoms with Gasteiger partial charge in [0.15, 0.2) is 18.3 Å². The molecule has 0 aromatic carbocycles. The van der Waals surface area contributed by atoms with Crippen LogP contribution in [0.3, 0.4) is 0 Å². The number of halogens is 1. The van der Waals surface area contributed by atoms with Crippen LogP contribution < -0.4 is 0 Å². The third kappa shape index (κ3) is 13.4. The number of carbonyl (C=O) groups excluding carboxylic acids is 7. The van der Waals surface area contributed by atoms with E-state index in [2.05, 4.69) is 0 Å².